The van der Waals surface area contributed by atoms with Gasteiger partial charge in [0.25, 0.3) is 5.91 Å². The Kier molecular flexibility index (Phi) is 7.64. The van der Waals surface area contributed by atoms with Gasteiger partial charge in [-0.25, -0.2) is 9.59 Å². The van der Waals surface area contributed by atoms with Gasteiger partial charge in [0.2, 0.25) is 0 Å². The third-order valence-electron chi connectivity index (χ3n) is 4.69. The Morgan fingerprint density at radius 2 is 1.81 bits per heavy atom. The highest BCUT2D eigenvalue weighted by Gasteiger charge is 2.24. The first-order chi connectivity index (χ1) is 12.8. The van der Waals surface area contributed by atoms with Gasteiger partial charge in [-0.05, 0) is 44.7 Å². The van der Waals surface area contributed by atoms with E-state index >= 15 is 0 Å². The van der Waals surface area contributed by atoms with Gasteiger partial charge in [-0.3, -0.25) is 10.1 Å². The summed E-state index contributed by atoms with van der Waals surface area (Å²) in [6.45, 7) is 5.04. The van der Waals surface area contributed by atoms with Gasteiger partial charge in [0, 0.05) is 6.04 Å². The van der Waals surface area contributed by atoms with Gasteiger partial charge < -0.3 is 14.8 Å². The van der Waals surface area contributed by atoms with Crippen LogP contribution in [-0.2, 0) is 14.3 Å². The highest BCUT2D eigenvalue weighted by Crippen LogP contribution is 2.23. The summed E-state index contributed by atoms with van der Waals surface area (Å²) in [6.07, 6.45) is 3.34. The number of imide groups is 1. The maximum absolute atomic E-state index is 11.9. The first-order valence-electron chi connectivity index (χ1n) is 9.35. The molecule has 1 fully saturated rings. The van der Waals surface area contributed by atoms with E-state index in [4.69, 9.17) is 9.47 Å². The molecule has 0 aromatic heterocycles. The standard InChI is InChI=1S/C20H28N2O5/c1-13-8-10-16(11-9-13)27-15(3)19(24)26-12-18(23)22-20(25)21-17-7-5-4-6-14(17)2/h8-11,14-15,17H,4-7,12H2,1-3H3,(H2,21,22,23,25). The molecule has 0 aliphatic heterocycles. The molecule has 7 heteroatoms. The summed E-state index contributed by atoms with van der Waals surface area (Å²) < 4.78 is 10.4. The largest absolute Gasteiger partial charge is 0.479 e. The minimum Gasteiger partial charge on any atom is -0.479 e. The van der Waals surface area contributed by atoms with E-state index < -0.39 is 30.6 Å². The maximum Gasteiger partial charge on any atom is 0.347 e. The number of benzene rings is 1. The average molecular weight is 376 g/mol. The molecule has 3 atom stereocenters. The molecule has 0 radical (unpaired) electrons. The zero-order chi connectivity index (χ0) is 19.8. The summed E-state index contributed by atoms with van der Waals surface area (Å²) in [5.74, 6) is -0.424. The van der Waals surface area contributed by atoms with Crippen LogP contribution in [0.2, 0.25) is 0 Å². The van der Waals surface area contributed by atoms with Crippen molar-refractivity contribution in [1.82, 2.24) is 10.6 Å². The van der Waals surface area contributed by atoms with Crippen LogP contribution >= 0.6 is 0 Å². The van der Waals surface area contributed by atoms with Gasteiger partial charge >= 0.3 is 12.0 Å². The molecule has 0 bridgehead atoms. The van der Waals surface area contributed by atoms with E-state index in [2.05, 4.69) is 17.6 Å². The fourth-order valence-corrected chi connectivity index (χ4v) is 3.02. The molecule has 1 saturated carbocycles. The van der Waals surface area contributed by atoms with Crippen LogP contribution in [0.25, 0.3) is 0 Å². The smallest absolute Gasteiger partial charge is 0.347 e. The SMILES string of the molecule is Cc1ccc(OC(C)C(=O)OCC(=O)NC(=O)NC2CCCCC2C)cc1. The third-order valence-corrected chi connectivity index (χ3v) is 4.69. The second-order valence-corrected chi connectivity index (χ2v) is 7.07. The predicted octanol–water partition coefficient (Wildman–Crippen LogP) is 2.71. The molecule has 0 spiro atoms. The van der Waals surface area contributed by atoms with Crippen LogP contribution in [0, 0.1) is 12.8 Å². The summed E-state index contributed by atoms with van der Waals surface area (Å²) >= 11 is 0. The van der Waals surface area contributed by atoms with E-state index in [1.165, 1.54) is 13.3 Å². The zero-order valence-electron chi connectivity index (χ0n) is 16.1. The maximum atomic E-state index is 11.9. The van der Waals surface area contributed by atoms with Crippen molar-refractivity contribution in [1.29, 1.82) is 0 Å². The first kappa shape index (κ1) is 20.7. The minimum absolute atomic E-state index is 0.0667. The van der Waals surface area contributed by atoms with Crippen LogP contribution in [0.1, 0.15) is 45.1 Å². The molecule has 2 rings (SSSR count). The van der Waals surface area contributed by atoms with Crippen LogP contribution in [0.3, 0.4) is 0 Å². The molecular formula is C20H28N2O5. The van der Waals surface area contributed by atoms with Crippen molar-refractivity contribution in [3.05, 3.63) is 29.8 Å². The fourth-order valence-electron chi connectivity index (χ4n) is 3.02. The number of rotatable bonds is 6. The number of hydrogen-bond acceptors (Lipinski definition) is 5. The number of carbonyl (C=O) groups is 3. The first-order valence-corrected chi connectivity index (χ1v) is 9.35. The Bertz CT molecular complexity index is 659. The van der Waals surface area contributed by atoms with Crippen molar-refractivity contribution in [3.63, 3.8) is 0 Å². The van der Waals surface area contributed by atoms with Crippen LogP contribution in [0.15, 0.2) is 24.3 Å². The van der Waals surface area contributed by atoms with Crippen molar-refractivity contribution in [2.75, 3.05) is 6.61 Å². The number of aryl methyl sites for hydroxylation is 1. The Balaban J connectivity index is 1.69. The quantitative estimate of drug-likeness (QED) is 0.745. The average Bonchev–Trinajstić information content (AvgIpc) is 2.63. The zero-order valence-corrected chi connectivity index (χ0v) is 16.1. The van der Waals surface area contributed by atoms with Crippen molar-refractivity contribution in [2.24, 2.45) is 5.92 Å². The van der Waals surface area contributed by atoms with Gasteiger partial charge in [-0.1, -0.05) is 37.5 Å². The van der Waals surface area contributed by atoms with Crippen molar-refractivity contribution in [3.8, 4) is 5.75 Å². The molecule has 7 nitrogen and oxygen atoms in total. The van der Waals surface area contributed by atoms with Gasteiger partial charge in [0.1, 0.15) is 5.75 Å². The minimum atomic E-state index is -0.863. The van der Waals surface area contributed by atoms with E-state index in [1.807, 2.05) is 19.1 Å². The van der Waals surface area contributed by atoms with E-state index in [9.17, 15) is 14.4 Å². The molecule has 1 aromatic carbocycles. The summed E-state index contributed by atoms with van der Waals surface area (Å²) in [6, 6.07) is 6.75. The van der Waals surface area contributed by atoms with E-state index in [-0.39, 0.29) is 6.04 Å². The summed E-state index contributed by atoms with van der Waals surface area (Å²) in [4.78, 5) is 35.7. The van der Waals surface area contributed by atoms with Gasteiger partial charge in [-0.15, -0.1) is 0 Å². The monoisotopic (exact) mass is 376 g/mol. The van der Waals surface area contributed by atoms with E-state index in [0.29, 0.717) is 11.7 Å². The number of amides is 3. The topological polar surface area (TPSA) is 93.7 Å². The summed E-state index contributed by atoms with van der Waals surface area (Å²) in [5, 5.41) is 5.00. The van der Waals surface area contributed by atoms with Crippen LogP contribution in [-0.4, -0.2) is 36.7 Å². The molecule has 3 unspecified atom stereocenters. The second kappa shape index (κ2) is 9.94. The van der Waals surface area contributed by atoms with Crippen LogP contribution < -0.4 is 15.4 Å². The Hall–Kier alpha value is -2.57. The number of esters is 1. The van der Waals surface area contributed by atoms with E-state index in [0.717, 1.165) is 24.8 Å². The molecule has 0 heterocycles. The summed E-state index contributed by atoms with van der Waals surface area (Å²) in [7, 11) is 0. The number of hydrogen-bond donors (Lipinski definition) is 2. The second-order valence-electron chi connectivity index (χ2n) is 7.07. The number of nitrogens with one attached hydrogen (secondary N) is 2. The molecular weight excluding hydrogens is 348 g/mol. The lowest BCUT2D eigenvalue weighted by Gasteiger charge is -2.29. The molecule has 148 valence electrons. The Morgan fingerprint density at radius 3 is 2.48 bits per heavy atom. The van der Waals surface area contributed by atoms with Gasteiger partial charge in [-0.2, -0.15) is 0 Å². The van der Waals surface area contributed by atoms with Crippen molar-refractivity contribution < 1.29 is 23.9 Å². The normalized spacial score (nSPS) is 20.3. The number of ether oxygens (including phenoxy) is 2. The molecule has 0 saturated heterocycles. The third kappa shape index (κ3) is 6.92. The Morgan fingerprint density at radius 1 is 1.15 bits per heavy atom. The molecule has 27 heavy (non-hydrogen) atoms. The number of carbonyl (C=O) groups excluding carboxylic acids is 3. The lowest BCUT2D eigenvalue weighted by atomic mass is 9.86. The molecule has 3 amide bonds. The lowest BCUT2D eigenvalue weighted by Crippen LogP contribution is -2.48. The molecule has 1 aliphatic rings. The Labute approximate surface area is 159 Å². The fraction of sp³-hybridized carbons (Fsp3) is 0.550. The molecule has 1 aliphatic carbocycles. The van der Waals surface area contributed by atoms with Crippen molar-refractivity contribution >= 4 is 17.9 Å². The van der Waals surface area contributed by atoms with Crippen LogP contribution in [0.5, 0.6) is 5.75 Å². The van der Waals surface area contributed by atoms with Gasteiger partial charge in [0.15, 0.2) is 12.7 Å². The van der Waals surface area contributed by atoms with Crippen LogP contribution in [0.4, 0.5) is 4.79 Å². The number of urea groups is 1. The predicted molar refractivity (Wildman–Crippen MR) is 100 cm³/mol. The van der Waals surface area contributed by atoms with Crippen molar-refractivity contribution in [2.45, 2.75) is 58.6 Å². The molecule has 2 N–H and O–H groups in total. The van der Waals surface area contributed by atoms with E-state index in [1.54, 1.807) is 12.1 Å². The lowest BCUT2D eigenvalue weighted by molar-refractivity contribution is -0.154. The summed E-state index contributed by atoms with van der Waals surface area (Å²) in [5.41, 5.74) is 1.08. The highest BCUT2D eigenvalue weighted by atomic mass is 16.6. The highest BCUT2D eigenvalue weighted by molar-refractivity contribution is 5.95. The van der Waals surface area contributed by atoms with Gasteiger partial charge in [0.05, 0.1) is 0 Å². The molecule has 1 aromatic rings.